The van der Waals surface area contributed by atoms with Gasteiger partial charge in [0.2, 0.25) is 5.89 Å². The van der Waals surface area contributed by atoms with E-state index in [0.717, 1.165) is 77.2 Å². The van der Waals surface area contributed by atoms with E-state index in [0.29, 0.717) is 23.4 Å². The largest absolute Gasteiger partial charge is 0.435 e. The van der Waals surface area contributed by atoms with Crippen molar-refractivity contribution in [3.05, 3.63) is 206 Å². The highest BCUT2D eigenvalue weighted by Gasteiger charge is 2.17. The Morgan fingerprint density at radius 1 is 0.288 bits per heavy atom. The Hall–Kier alpha value is -8.02. The van der Waals surface area contributed by atoms with Gasteiger partial charge in [-0.3, -0.25) is 0 Å². The Morgan fingerprint density at radius 2 is 0.763 bits per heavy atom. The maximum absolute atomic E-state index is 6.52. The summed E-state index contributed by atoms with van der Waals surface area (Å²) in [6.07, 6.45) is 0. The van der Waals surface area contributed by atoms with E-state index >= 15 is 0 Å². The third-order valence-corrected chi connectivity index (χ3v) is 11.0. The van der Waals surface area contributed by atoms with E-state index in [9.17, 15) is 0 Å². The molecule has 0 saturated heterocycles. The molecule has 0 aliphatic carbocycles. The molecule has 9 aromatic carbocycles. The maximum atomic E-state index is 6.52. The van der Waals surface area contributed by atoms with Gasteiger partial charge < -0.3 is 4.42 Å². The molecule has 2 aromatic heterocycles. The van der Waals surface area contributed by atoms with E-state index in [2.05, 4.69) is 164 Å². The second kappa shape index (κ2) is 14.5. The molecule has 0 radical (unpaired) electrons. The minimum absolute atomic E-state index is 0.594. The van der Waals surface area contributed by atoms with E-state index in [1.54, 1.807) is 0 Å². The smallest absolute Gasteiger partial charge is 0.227 e. The van der Waals surface area contributed by atoms with E-state index in [1.165, 1.54) is 11.1 Å². The van der Waals surface area contributed by atoms with Crippen LogP contribution in [0.5, 0.6) is 0 Å². The average molecular weight is 755 g/mol. The summed E-state index contributed by atoms with van der Waals surface area (Å²) in [5.41, 5.74) is 12.0. The molecule has 11 aromatic rings. The Bertz CT molecular complexity index is 3300. The van der Waals surface area contributed by atoms with Crippen LogP contribution in [0.3, 0.4) is 0 Å². The van der Waals surface area contributed by atoms with Gasteiger partial charge in [0, 0.05) is 27.6 Å². The van der Waals surface area contributed by atoms with Crippen LogP contribution >= 0.6 is 0 Å². The number of hydrogen-bond acceptors (Lipinski definition) is 5. The lowest BCUT2D eigenvalue weighted by Crippen LogP contribution is -2.00. The van der Waals surface area contributed by atoms with Crippen LogP contribution in [0, 0.1) is 0 Å². The first kappa shape index (κ1) is 34.2. The number of oxazole rings is 1. The molecule has 0 aliphatic heterocycles. The van der Waals surface area contributed by atoms with Gasteiger partial charge in [0.25, 0.3) is 0 Å². The summed E-state index contributed by atoms with van der Waals surface area (Å²) in [4.78, 5) is 20.2. The van der Waals surface area contributed by atoms with Crippen molar-refractivity contribution in [2.75, 3.05) is 0 Å². The standard InChI is InChI=1S/C54H34N4O/c1-3-11-35(12-4-1)37-21-23-38(24-22-37)39-25-28-41(29-26-39)51-56-52(58-53(57-51)46-30-27-36-13-7-8-16-43(36)33-46)45-19-9-18-44(34-45)47-20-10-17-40-31-32-48-50(49(40)47)59-54(55-48)42-14-5-2-6-15-42/h1-34H. The summed E-state index contributed by atoms with van der Waals surface area (Å²) >= 11 is 0. The van der Waals surface area contributed by atoms with E-state index in [-0.39, 0.29) is 0 Å². The second-order valence-corrected chi connectivity index (χ2v) is 14.7. The summed E-state index contributed by atoms with van der Waals surface area (Å²) in [5, 5.41) is 4.38. The van der Waals surface area contributed by atoms with Crippen molar-refractivity contribution in [3.63, 3.8) is 0 Å². The SMILES string of the molecule is c1ccc(-c2ccc(-c3ccc(-c4nc(-c5cccc(-c6cccc7ccc8nc(-c9ccccc9)oc8c67)c5)nc(-c5ccc6ccccc6c5)n4)cc3)cc2)cc1. The van der Waals surface area contributed by atoms with Crippen molar-refractivity contribution < 1.29 is 4.42 Å². The average Bonchev–Trinajstić information content (AvgIpc) is 3.77. The van der Waals surface area contributed by atoms with Crippen molar-refractivity contribution in [1.82, 2.24) is 19.9 Å². The number of nitrogens with zero attached hydrogens (tertiary/aromatic N) is 4. The van der Waals surface area contributed by atoms with Gasteiger partial charge >= 0.3 is 0 Å². The van der Waals surface area contributed by atoms with E-state index in [4.69, 9.17) is 24.4 Å². The fraction of sp³-hybridized carbons (Fsp3) is 0. The molecule has 0 aliphatic rings. The van der Waals surface area contributed by atoms with Crippen LogP contribution in [0.15, 0.2) is 211 Å². The fourth-order valence-electron chi connectivity index (χ4n) is 7.91. The van der Waals surface area contributed by atoms with Gasteiger partial charge in [-0.25, -0.2) is 19.9 Å². The van der Waals surface area contributed by atoms with Crippen LogP contribution in [-0.4, -0.2) is 19.9 Å². The third kappa shape index (κ3) is 6.51. The Labute approximate surface area is 341 Å². The van der Waals surface area contributed by atoms with Gasteiger partial charge in [0.15, 0.2) is 23.1 Å². The molecule has 0 spiro atoms. The Morgan fingerprint density at radius 3 is 1.46 bits per heavy atom. The van der Waals surface area contributed by atoms with Gasteiger partial charge in [0.1, 0.15) is 5.52 Å². The van der Waals surface area contributed by atoms with Gasteiger partial charge in [-0.1, -0.05) is 176 Å². The van der Waals surface area contributed by atoms with Crippen molar-refractivity contribution in [1.29, 1.82) is 0 Å². The van der Waals surface area contributed by atoms with Crippen LogP contribution in [0.25, 0.3) is 112 Å². The van der Waals surface area contributed by atoms with Gasteiger partial charge in [-0.05, 0) is 79.9 Å². The zero-order valence-electron chi connectivity index (χ0n) is 31.8. The van der Waals surface area contributed by atoms with E-state index < -0.39 is 0 Å². The number of benzene rings is 9. The predicted molar refractivity (Wildman–Crippen MR) is 240 cm³/mol. The molecule has 5 heteroatoms. The first-order chi connectivity index (χ1) is 29.2. The first-order valence-corrected chi connectivity index (χ1v) is 19.7. The lowest BCUT2D eigenvalue weighted by molar-refractivity contribution is 0.623. The third-order valence-electron chi connectivity index (χ3n) is 11.0. The molecular weight excluding hydrogens is 721 g/mol. The fourth-order valence-corrected chi connectivity index (χ4v) is 7.91. The molecule has 0 N–H and O–H groups in total. The van der Waals surface area contributed by atoms with Crippen LogP contribution in [0.1, 0.15) is 0 Å². The molecule has 0 atom stereocenters. The van der Waals surface area contributed by atoms with Crippen LogP contribution in [0.2, 0.25) is 0 Å². The van der Waals surface area contributed by atoms with Crippen LogP contribution < -0.4 is 0 Å². The minimum Gasteiger partial charge on any atom is -0.435 e. The summed E-state index contributed by atoms with van der Waals surface area (Å²) in [7, 11) is 0. The molecule has 59 heavy (non-hydrogen) atoms. The zero-order valence-corrected chi connectivity index (χ0v) is 31.8. The molecule has 5 nitrogen and oxygen atoms in total. The summed E-state index contributed by atoms with van der Waals surface area (Å²) in [6, 6.07) is 71.3. The highest BCUT2D eigenvalue weighted by Crippen LogP contribution is 2.38. The summed E-state index contributed by atoms with van der Waals surface area (Å²) in [6.45, 7) is 0. The Balaban J connectivity index is 1.01. The normalized spacial score (nSPS) is 11.4. The molecule has 0 amide bonds. The molecule has 0 fully saturated rings. The number of hydrogen-bond donors (Lipinski definition) is 0. The molecule has 0 bridgehead atoms. The van der Waals surface area contributed by atoms with Crippen molar-refractivity contribution in [3.8, 4) is 79.0 Å². The summed E-state index contributed by atoms with van der Waals surface area (Å²) < 4.78 is 6.52. The van der Waals surface area contributed by atoms with Crippen LogP contribution in [-0.2, 0) is 0 Å². The van der Waals surface area contributed by atoms with Gasteiger partial charge in [-0.2, -0.15) is 0 Å². The molecule has 0 unspecified atom stereocenters. The first-order valence-electron chi connectivity index (χ1n) is 19.7. The number of fused-ring (bicyclic) bond motifs is 4. The number of rotatable bonds is 7. The highest BCUT2D eigenvalue weighted by molar-refractivity contribution is 6.11. The monoisotopic (exact) mass is 754 g/mol. The van der Waals surface area contributed by atoms with Gasteiger partial charge in [-0.15, -0.1) is 0 Å². The van der Waals surface area contributed by atoms with Crippen LogP contribution in [0.4, 0.5) is 0 Å². The second-order valence-electron chi connectivity index (χ2n) is 14.7. The van der Waals surface area contributed by atoms with Gasteiger partial charge in [0.05, 0.1) is 0 Å². The molecule has 2 heterocycles. The lowest BCUT2D eigenvalue weighted by Gasteiger charge is -2.12. The zero-order chi connectivity index (χ0) is 39.1. The predicted octanol–water partition coefficient (Wildman–Crippen LogP) is 14.0. The van der Waals surface area contributed by atoms with Crippen molar-refractivity contribution >= 4 is 32.6 Å². The van der Waals surface area contributed by atoms with Crippen molar-refractivity contribution in [2.24, 2.45) is 0 Å². The van der Waals surface area contributed by atoms with E-state index in [1.807, 2.05) is 42.5 Å². The lowest BCUT2D eigenvalue weighted by atomic mass is 9.96. The topological polar surface area (TPSA) is 64.7 Å². The molecule has 276 valence electrons. The minimum atomic E-state index is 0.594. The Kier molecular flexibility index (Phi) is 8.41. The molecule has 0 saturated carbocycles. The highest BCUT2D eigenvalue weighted by atomic mass is 16.3. The summed E-state index contributed by atoms with van der Waals surface area (Å²) in [5.74, 6) is 2.42. The quantitative estimate of drug-likeness (QED) is 0.162. The van der Waals surface area contributed by atoms with Crippen molar-refractivity contribution in [2.45, 2.75) is 0 Å². The maximum Gasteiger partial charge on any atom is 0.227 e. The number of aromatic nitrogens is 4. The molecule has 11 rings (SSSR count). The molecular formula is C54H34N4O.